The third-order valence-electron chi connectivity index (χ3n) is 1.81. The topological polar surface area (TPSA) is 78.1 Å². The molecule has 0 aliphatic heterocycles. The average Bonchev–Trinajstić information content (AvgIpc) is 2.08. The molecule has 0 bridgehead atoms. The summed E-state index contributed by atoms with van der Waals surface area (Å²) in [4.78, 5) is 0. The maximum absolute atomic E-state index is 5.78. The summed E-state index contributed by atoms with van der Waals surface area (Å²) in [6.45, 7) is 1.93. The molecular weight excluding hydrogens is 150 g/mol. The fourth-order valence-electron chi connectivity index (χ4n) is 1.02. The molecule has 3 nitrogen and oxygen atoms in total. The highest BCUT2D eigenvalue weighted by Gasteiger charge is 2.02. The Bertz CT molecular complexity index is 316. The first-order valence-corrected chi connectivity index (χ1v) is 3.69. The highest BCUT2D eigenvalue weighted by molar-refractivity contribution is 5.74. The highest BCUT2D eigenvalue weighted by Crippen LogP contribution is 2.20. The van der Waals surface area contributed by atoms with E-state index in [9.17, 15) is 0 Å². The molecule has 6 N–H and O–H groups in total. The summed E-state index contributed by atoms with van der Waals surface area (Å²) in [5.74, 6) is 0. The van der Waals surface area contributed by atoms with E-state index in [1.54, 1.807) is 0 Å². The summed E-state index contributed by atoms with van der Waals surface area (Å²) >= 11 is 0. The van der Waals surface area contributed by atoms with Crippen molar-refractivity contribution in [2.45, 2.75) is 6.92 Å². The molecule has 0 atom stereocenters. The Balaban J connectivity index is 3.26. The number of benzene rings is 1. The van der Waals surface area contributed by atoms with Gasteiger partial charge in [-0.1, -0.05) is 18.2 Å². The van der Waals surface area contributed by atoms with Gasteiger partial charge in [-0.3, -0.25) is 0 Å². The molecule has 0 unspecified atom stereocenters. The number of anilines is 1. The number of aryl methyl sites for hydroxylation is 1. The molecule has 0 amide bonds. The summed E-state index contributed by atoms with van der Waals surface area (Å²) in [6, 6.07) is 5.68. The van der Waals surface area contributed by atoms with Gasteiger partial charge in [-0.05, 0) is 12.5 Å². The van der Waals surface area contributed by atoms with Gasteiger partial charge in [0, 0.05) is 17.5 Å². The van der Waals surface area contributed by atoms with Crippen molar-refractivity contribution in [1.29, 1.82) is 0 Å². The molecule has 64 valence electrons. The van der Waals surface area contributed by atoms with Crippen molar-refractivity contribution in [2.24, 2.45) is 11.5 Å². The number of hydrogen-bond donors (Lipinski definition) is 3. The molecule has 0 radical (unpaired) electrons. The van der Waals surface area contributed by atoms with Crippen LogP contribution in [-0.4, -0.2) is 0 Å². The van der Waals surface area contributed by atoms with Gasteiger partial charge in [0.15, 0.2) is 0 Å². The third kappa shape index (κ3) is 1.34. The van der Waals surface area contributed by atoms with E-state index in [1.807, 2.05) is 25.1 Å². The van der Waals surface area contributed by atoms with E-state index in [-0.39, 0.29) is 0 Å². The number of rotatable bonds is 1. The van der Waals surface area contributed by atoms with E-state index in [2.05, 4.69) is 0 Å². The SMILES string of the molecule is Cc1cccc(/C(N)=C\N)c1N. The second-order valence-electron chi connectivity index (χ2n) is 2.66. The summed E-state index contributed by atoms with van der Waals surface area (Å²) in [5, 5.41) is 0. The van der Waals surface area contributed by atoms with Crippen LogP contribution >= 0.6 is 0 Å². The Morgan fingerprint density at radius 3 is 2.67 bits per heavy atom. The monoisotopic (exact) mass is 163 g/mol. The lowest BCUT2D eigenvalue weighted by Gasteiger charge is -2.07. The Kier molecular flexibility index (Phi) is 2.24. The number of nitrogens with two attached hydrogens (primary N) is 3. The Hall–Kier alpha value is -1.64. The van der Waals surface area contributed by atoms with Crippen LogP contribution in [0, 0.1) is 6.92 Å². The van der Waals surface area contributed by atoms with Crippen molar-refractivity contribution in [3.8, 4) is 0 Å². The normalized spacial score (nSPS) is 11.6. The van der Waals surface area contributed by atoms with Crippen LogP contribution in [0.1, 0.15) is 11.1 Å². The molecule has 0 heterocycles. The first kappa shape index (κ1) is 8.46. The van der Waals surface area contributed by atoms with Gasteiger partial charge in [0.2, 0.25) is 0 Å². The zero-order valence-electron chi connectivity index (χ0n) is 7.04. The van der Waals surface area contributed by atoms with E-state index in [0.717, 1.165) is 11.1 Å². The van der Waals surface area contributed by atoms with Crippen LogP contribution in [0.4, 0.5) is 5.69 Å². The Morgan fingerprint density at radius 2 is 2.08 bits per heavy atom. The van der Waals surface area contributed by atoms with Crippen molar-refractivity contribution < 1.29 is 0 Å². The van der Waals surface area contributed by atoms with Gasteiger partial charge in [0.25, 0.3) is 0 Å². The molecule has 3 heteroatoms. The van der Waals surface area contributed by atoms with Crippen molar-refractivity contribution in [1.82, 2.24) is 0 Å². The summed E-state index contributed by atoms with van der Waals surface area (Å²) in [7, 11) is 0. The minimum atomic E-state index is 0.510. The Morgan fingerprint density at radius 1 is 1.42 bits per heavy atom. The molecule has 0 aliphatic rings. The van der Waals surface area contributed by atoms with Crippen LogP contribution < -0.4 is 17.2 Å². The first-order chi connectivity index (χ1) is 5.66. The van der Waals surface area contributed by atoms with Crippen LogP contribution in [0.15, 0.2) is 24.4 Å². The minimum Gasteiger partial charge on any atom is -0.403 e. The second-order valence-corrected chi connectivity index (χ2v) is 2.66. The maximum Gasteiger partial charge on any atom is 0.0566 e. The molecule has 12 heavy (non-hydrogen) atoms. The molecule has 0 fully saturated rings. The first-order valence-electron chi connectivity index (χ1n) is 3.69. The largest absolute Gasteiger partial charge is 0.403 e. The van der Waals surface area contributed by atoms with E-state index >= 15 is 0 Å². The van der Waals surface area contributed by atoms with Crippen LogP contribution in [-0.2, 0) is 0 Å². The van der Waals surface area contributed by atoms with Crippen LogP contribution in [0.3, 0.4) is 0 Å². The molecule has 1 rings (SSSR count). The molecule has 0 saturated heterocycles. The van der Waals surface area contributed by atoms with E-state index in [4.69, 9.17) is 17.2 Å². The predicted molar refractivity (Wildman–Crippen MR) is 51.9 cm³/mol. The number of hydrogen-bond acceptors (Lipinski definition) is 3. The lowest BCUT2D eigenvalue weighted by molar-refractivity contribution is 1.41. The standard InChI is InChI=1S/C9H13N3/c1-6-3-2-4-7(9(6)12)8(11)5-10/h2-5H,10-12H2,1H3/b8-5+. The van der Waals surface area contributed by atoms with E-state index < -0.39 is 0 Å². The lowest BCUT2D eigenvalue weighted by Crippen LogP contribution is -2.04. The lowest BCUT2D eigenvalue weighted by atomic mass is 10.1. The molecular formula is C9H13N3. The van der Waals surface area contributed by atoms with Crippen LogP contribution in [0.5, 0.6) is 0 Å². The van der Waals surface area contributed by atoms with Gasteiger partial charge >= 0.3 is 0 Å². The fourth-order valence-corrected chi connectivity index (χ4v) is 1.02. The zero-order valence-corrected chi connectivity index (χ0v) is 7.04. The molecule has 0 spiro atoms. The van der Waals surface area contributed by atoms with E-state index in [1.165, 1.54) is 6.20 Å². The maximum atomic E-state index is 5.78. The van der Waals surface area contributed by atoms with Gasteiger partial charge < -0.3 is 17.2 Å². The van der Waals surface area contributed by atoms with Crippen LogP contribution in [0.25, 0.3) is 5.70 Å². The molecule has 0 aliphatic carbocycles. The summed E-state index contributed by atoms with van der Waals surface area (Å²) < 4.78 is 0. The average molecular weight is 163 g/mol. The van der Waals surface area contributed by atoms with Gasteiger partial charge in [-0.15, -0.1) is 0 Å². The fraction of sp³-hybridized carbons (Fsp3) is 0.111. The highest BCUT2D eigenvalue weighted by atomic mass is 14.7. The summed E-state index contributed by atoms with van der Waals surface area (Å²) in [5.41, 5.74) is 19.7. The van der Waals surface area contributed by atoms with Gasteiger partial charge in [0.05, 0.1) is 5.70 Å². The summed E-state index contributed by atoms with van der Waals surface area (Å²) in [6.07, 6.45) is 1.35. The molecule has 1 aromatic carbocycles. The van der Waals surface area contributed by atoms with Gasteiger partial charge in [0.1, 0.15) is 0 Å². The van der Waals surface area contributed by atoms with Crippen molar-refractivity contribution >= 4 is 11.4 Å². The zero-order chi connectivity index (χ0) is 9.14. The predicted octanol–water partition coefficient (Wildman–Crippen LogP) is 0.793. The van der Waals surface area contributed by atoms with Gasteiger partial charge in [-0.2, -0.15) is 0 Å². The molecule has 1 aromatic rings. The van der Waals surface area contributed by atoms with Crippen molar-refractivity contribution in [3.63, 3.8) is 0 Å². The Labute approximate surface area is 71.9 Å². The van der Waals surface area contributed by atoms with E-state index in [0.29, 0.717) is 11.4 Å². The minimum absolute atomic E-state index is 0.510. The van der Waals surface area contributed by atoms with Crippen LogP contribution in [0.2, 0.25) is 0 Å². The molecule has 0 saturated carbocycles. The number of nitrogen functional groups attached to an aromatic ring is 1. The van der Waals surface area contributed by atoms with Gasteiger partial charge in [-0.25, -0.2) is 0 Å². The van der Waals surface area contributed by atoms with Crippen molar-refractivity contribution in [2.75, 3.05) is 5.73 Å². The van der Waals surface area contributed by atoms with Crippen molar-refractivity contribution in [3.05, 3.63) is 35.5 Å². The third-order valence-corrected chi connectivity index (χ3v) is 1.81. The quantitative estimate of drug-likeness (QED) is 0.536. The molecule has 0 aromatic heterocycles. The number of para-hydroxylation sites is 1. The smallest absolute Gasteiger partial charge is 0.0566 e. The second kappa shape index (κ2) is 3.17.